The standard InChI is InChI=1S/C23H25N7O6S/c1-13(31)26-21-28-17(18(37-21)19(32)25-12-15-3-2-10-24-11-15)9-6-14-4-7-16(8-5-14)27-20(29-22(33)34)30-23(35)36/h2-5,7-8,10-11,20,27,29-30H,6,9,12H2,1H3,(H,25,32)(H,33,34)(H,35,36)(H,26,28,31). The molecule has 7 N–H and O–H groups in total. The highest BCUT2D eigenvalue weighted by Crippen LogP contribution is 2.25. The number of carbonyl (C=O) groups excluding carboxylic acids is 2. The van der Waals surface area contributed by atoms with Gasteiger partial charge in [-0.05, 0) is 42.2 Å². The van der Waals surface area contributed by atoms with Gasteiger partial charge in [-0.3, -0.25) is 25.2 Å². The molecule has 0 unspecified atom stereocenters. The number of nitrogens with one attached hydrogen (secondary N) is 5. The van der Waals surface area contributed by atoms with E-state index in [-0.39, 0.29) is 11.8 Å². The molecule has 37 heavy (non-hydrogen) atoms. The number of carbonyl (C=O) groups is 4. The quantitative estimate of drug-likeness (QED) is 0.183. The van der Waals surface area contributed by atoms with Gasteiger partial charge in [0.1, 0.15) is 4.88 Å². The molecule has 0 spiro atoms. The Hall–Kier alpha value is -4.72. The average Bonchev–Trinajstić information content (AvgIpc) is 3.24. The predicted octanol–water partition coefficient (Wildman–Crippen LogP) is 2.44. The smallest absolute Gasteiger partial charge is 0.407 e. The molecule has 0 atom stereocenters. The summed E-state index contributed by atoms with van der Waals surface area (Å²) in [7, 11) is 0. The maximum atomic E-state index is 12.9. The molecule has 194 valence electrons. The number of benzene rings is 1. The first-order chi connectivity index (χ1) is 17.7. The molecule has 3 aromatic rings. The van der Waals surface area contributed by atoms with Crippen molar-refractivity contribution in [1.82, 2.24) is 25.9 Å². The Morgan fingerprint density at radius 2 is 1.68 bits per heavy atom. The van der Waals surface area contributed by atoms with Crippen molar-refractivity contribution in [3.8, 4) is 0 Å². The third-order valence-corrected chi connectivity index (χ3v) is 5.83. The van der Waals surface area contributed by atoms with Crippen LogP contribution in [-0.4, -0.2) is 50.5 Å². The molecule has 3 rings (SSSR count). The van der Waals surface area contributed by atoms with Crippen LogP contribution in [0.5, 0.6) is 0 Å². The number of anilines is 2. The van der Waals surface area contributed by atoms with Crippen LogP contribution in [0.15, 0.2) is 48.8 Å². The zero-order chi connectivity index (χ0) is 26.8. The average molecular weight is 528 g/mol. The number of amides is 4. The Labute approximate surface area is 215 Å². The molecule has 0 aliphatic heterocycles. The Morgan fingerprint density at radius 3 is 2.27 bits per heavy atom. The number of thiazole rings is 1. The third kappa shape index (κ3) is 8.78. The van der Waals surface area contributed by atoms with Crippen molar-refractivity contribution in [3.63, 3.8) is 0 Å². The van der Waals surface area contributed by atoms with Gasteiger partial charge in [0.25, 0.3) is 5.91 Å². The monoisotopic (exact) mass is 527 g/mol. The topological polar surface area (TPSA) is 195 Å². The van der Waals surface area contributed by atoms with E-state index in [0.29, 0.717) is 40.8 Å². The molecule has 14 heteroatoms. The van der Waals surface area contributed by atoms with E-state index in [4.69, 9.17) is 10.2 Å². The molecule has 2 aromatic heterocycles. The van der Waals surface area contributed by atoms with Gasteiger partial charge in [-0.2, -0.15) is 0 Å². The van der Waals surface area contributed by atoms with Crippen LogP contribution in [0.3, 0.4) is 0 Å². The van der Waals surface area contributed by atoms with Crippen molar-refractivity contribution in [2.75, 3.05) is 10.6 Å². The normalized spacial score (nSPS) is 10.4. The van der Waals surface area contributed by atoms with Gasteiger partial charge in [0.2, 0.25) is 5.91 Å². The molecule has 0 saturated heterocycles. The fourth-order valence-corrected chi connectivity index (χ4v) is 4.19. The summed E-state index contributed by atoms with van der Waals surface area (Å²) in [4.78, 5) is 54.9. The molecular formula is C23H25N7O6S. The Morgan fingerprint density at radius 1 is 0.973 bits per heavy atom. The third-order valence-electron chi connectivity index (χ3n) is 4.81. The lowest BCUT2D eigenvalue weighted by molar-refractivity contribution is -0.114. The second-order valence-electron chi connectivity index (χ2n) is 7.69. The molecule has 0 aliphatic carbocycles. The minimum atomic E-state index is -1.40. The van der Waals surface area contributed by atoms with E-state index in [9.17, 15) is 19.2 Å². The van der Waals surface area contributed by atoms with Gasteiger partial charge in [-0.1, -0.05) is 29.5 Å². The Kier molecular flexibility index (Phi) is 9.32. The molecule has 1 aromatic carbocycles. The minimum Gasteiger partial charge on any atom is -0.465 e. The van der Waals surface area contributed by atoms with Crippen molar-refractivity contribution in [2.45, 2.75) is 32.6 Å². The summed E-state index contributed by atoms with van der Waals surface area (Å²) in [6, 6.07) is 10.5. The molecule has 4 amide bonds. The van der Waals surface area contributed by atoms with Crippen molar-refractivity contribution >= 4 is 46.2 Å². The molecule has 13 nitrogen and oxygen atoms in total. The number of carboxylic acid groups (broad SMARTS) is 2. The van der Waals surface area contributed by atoms with Gasteiger partial charge in [0.15, 0.2) is 11.4 Å². The van der Waals surface area contributed by atoms with E-state index >= 15 is 0 Å². The van der Waals surface area contributed by atoms with Gasteiger partial charge in [-0.25, -0.2) is 14.6 Å². The van der Waals surface area contributed by atoms with Crippen LogP contribution in [0, 0.1) is 0 Å². The summed E-state index contributed by atoms with van der Waals surface area (Å²) in [5, 5.41) is 30.3. The van der Waals surface area contributed by atoms with Gasteiger partial charge >= 0.3 is 12.2 Å². The second kappa shape index (κ2) is 12.8. The Balaban J connectivity index is 1.66. The predicted molar refractivity (Wildman–Crippen MR) is 135 cm³/mol. The number of hydrogen-bond donors (Lipinski definition) is 7. The number of nitrogens with zero attached hydrogens (tertiary/aromatic N) is 2. The van der Waals surface area contributed by atoms with E-state index in [1.807, 2.05) is 16.7 Å². The Bertz CT molecular complexity index is 1230. The van der Waals surface area contributed by atoms with Crippen molar-refractivity contribution < 1.29 is 29.4 Å². The molecule has 0 aliphatic rings. The fraction of sp³-hybridized carbons (Fsp3) is 0.217. The molecule has 0 radical (unpaired) electrons. The van der Waals surface area contributed by atoms with Gasteiger partial charge in [0, 0.05) is 31.5 Å². The van der Waals surface area contributed by atoms with E-state index in [1.54, 1.807) is 42.7 Å². The van der Waals surface area contributed by atoms with E-state index in [2.05, 4.69) is 25.9 Å². The SMILES string of the molecule is CC(=O)Nc1nc(CCc2ccc(NC(NC(=O)O)NC(=O)O)cc2)c(C(=O)NCc2cccnc2)s1. The lowest BCUT2D eigenvalue weighted by Gasteiger charge is -2.19. The molecule has 2 heterocycles. The van der Waals surface area contributed by atoms with Gasteiger partial charge in [0.05, 0.1) is 5.69 Å². The number of pyridine rings is 1. The van der Waals surface area contributed by atoms with Crippen molar-refractivity contribution in [3.05, 3.63) is 70.5 Å². The fourth-order valence-electron chi connectivity index (χ4n) is 3.22. The van der Waals surface area contributed by atoms with Crippen molar-refractivity contribution in [2.24, 2.45) is 0 Å². The highest BCUT2D eigenvalue weighted by Gasteiger charge is 2.19. The lowest BCUT2D eigenvalue weighted by atomic mass is 10.1. The lowest BCUT2D eigenvalue weighted by Crippen LogP contribution is -2.52. The summed E-state index contributed by atoms with van der Waals surface area (Å²) < 4.78 is 0. The maximum Gasteiger partial charge on any atom is 0.407 e. The summed E-state index contributed by atoms with van der Waals surface area (Å²) in [6.45, 7) is 1.66. The highest BCUT2D eigenvalue weighted by atomic mass is 32.1. The zero-order valence-corrected chi connectivity index (χ0v) is 20.5. The maximum absolute atomic E-state index is 12.9. The van der Waals surface area contributed by atoms with Gasteiger partial charge < -0.3 is 26.2 Å². The summed E-state index contributed by atoms with van der Waals surface area (Å²) in [5.41, 5.74) is 2.76. The van der Waals surface area contributed by atoms with Crippen LogP contribution >= 0.6 is 11.3 Å². The summed E-state index contributed by atoms with van der Waals surface area (Å²) in [5.74, 6) is -0.603. The van der Waals surface area contributed by atoms with Crippen LogP contribution in [0.2, 0.25) is 0 Å². The van der Waals surface area contributed by atoms with Crippen LogP contribution in [0.4, 0.5) is 20.4 Å². The van der Waals surface area contributed by atoms with Crippen LogP contribution < -0.4 is 26.6 Å². The molecule has 0 saturated carbocycles. The number of aryl methyl sites for hydroxylation is 2. The largest absolute Gasteiger partial charge is 0.465 e. The minimum absolute atomic E-state index is 0.293. The summed E-state index contributed by atoms with van der Waals surface area (Å²) in [6.07, 6.45) is 0.213. The van der Waals surface area contributed by atoms with Crippen molar-refractivity contribution in [1.29, 1.82) is 0 Å². The van der Waals surface area contributed by atoms with E-state index in [1.165, 1.54) is 6.92 Å². The second-order valence-corrected chi connectivity index (χ2v) is 8.69. The van der Waals surface area contributed by atoms with Gasteiger partial charge in [-0.15, -0.1) is 0 Å². The zero-order valence-electron chi connectivity index (χ0n) is 19.6. The molecule has 0 fully saturated rings. The van der Waals surface area contributed by atoms with E-state index < -0.39 is 18.5 Å². The number of aromatic nitrogens is 2. The first-order valence-electron chi connectivity index (χ1n) is 11.0. The van der Waals surface area contributed by atoms with Crippen LogP contribution in [0.25, 0.3) is 0 Å². The first kappa shape index (κ1) is 26.9. The van der Waals surface area contributed by atoms with Crippen LogP contribution in [-0.2, 0) is 24.2 Å². The molecule has 0 bridgehead atoms. The van der Waals surface area contributed by atoms with Crippen LogP contribution in [0.1, 0.15) is 33.4 Å². The molecular weight excluding hydrogens is 502 g/mol. The summed E-state index contributed by atoms with van der Waals surface area (Å²) >= 11 is 1.09. The first-order valence-corrected chi connectivity index (χ1v) is 11.8. The number of hydrogen-bond acceptors (Lipinski definition) is 8. The number of rotatable bonds is 11. The van der Waals surface area contributed by atoms with E-state index in [0.717, 1.165) is 22.5 Å². The highest BCUT2D eigenvalue weighted by molar-refractivity contribution is 7.17.